The fraction of sp³-hybridized carbons (Fsp3) is 0.0156. The molecule has 0 atom stereocenters. The summed E-state index contributed by atoms with van der Waals surface area (Å²) in [5.74, 6) is 1.55. The largest absolute Gasteiger partial charge is 0.456 e. The van der Waals surface area contributed by atoms with Crippen molar-refractivity contribution in [3.63, 3.8) is 0 Å². The van der Waals surface area contributed by atoms with Crippen LogP contribution in [0, 0.1) is 0 Å². The van der Waals surface area contributed by atoms with Crippen molar-refractivity contribution in [1.82, 2.24) is 15.0 Å². The van der Waals surface area contributed by atoms with Gasteiger partial charge in [-0.15, -0.1) is 0 Å². The number of hydrogen-bond donors (Lipinski definition) is 0. The quantitative estimate of drug-likeness (QED) is 0.175. The lowest BCUT2D eigenvalue weighted by atomic mass is 9.70. The zero-order valence-corrected chi connectivity index (χ0v) is 37.3. The van der Waals surface area contributed by atoms with Crippen LogP contribution < -0.4 is 0 Å². The van der Waals surface area contributed by atoms with Gasteiger partial charge in [-0.2, -0.15) is 0 Å². The van der Waals surface area contributed by atoms with Gasteiger partial charge in [-0.05, 0) is 98.1 Å². The zero-order valence-electron chi connectivity index (χ0n) is 37.3. The van der Waals surface area contributed by atoms with E-state index in [-0.39, 0.29) is 0 Å². The first-order valence-corrected chi connectivity index (χ1v) is 23.7. The van der Waals surface area contributed by atoms with Crippen LogP contribution >= 0.6 is 0 Å². The second kappa shape index (κ2) is 13.8. The lowest BCUT2D eigenvalue weighted by Gasteiger charge is -2.30. The summed E-state index contributed by atoms with van der Waals surface area (Å²) in [5, 5.41) is 5.88. The van der Waals surface area contributed by atoms with Crippen molar-refractivity contribution in [1.29, 1.82) is 0 Å². The van der Waals surface area contributed by atoms with Crippen LogP contribution in [0.1, 0.15) is 22.3 Å². The van der Waals surface area contributed by atoms with Crippen LogP contribution in [0.4, 0.5) is 0 Å². The van der Waals surface area contributed by atoms with E-state index in [1.807, 2.05) is 72.8 Å². The van der Waals surface area contributed by atoms with Crippen molar-refractivity contribution in [3.05, 3.63) is 235 Å². The monoisotopic (exact) mass is 893 g/mol. The van der Waals surface area contributed by atoms with Crippen molar-refractivity contribution >= 4 is 65.8 Å². The summed E-state index contributed by atoms with van der Waals surface area (Å²) < 4.78 is 19.7. The van der Waals surface area contributed by atoms with Crippen LogP contribution in [0.2, 0.25) is 0 Å². The second-order valence-electron chi connectivity index (χ2n) is 18.5. The Morgan fingerprint density at radius 3 is 1.43 bits per heavy atom. The summed E-state index contributed by atoms with van der Waals surface area (Å²) in [6, 6.07) is 75.0. The first-order valence-electron chi connectivity index (χ1n) is 23.7. The lowest BCUT2D eigenvalue weighted by Crippen LogP contribution is -2.25. The van der Waals surface area contributed by atoms with Crippen LogP contribution in [-0.4, -0.2) is 15.0 Å². The van der Waals surface area contributed by atoms with E-state index in [1.165, 1.54) is 50.1 Å². The predicted molar refractivity (Wildman–Crippen MR) is 280 cm³/mol. The summed E-state index contributed by atoms with van der Waals surface area (Å²) in [6.07, 6.45) is 0. The molecule has 0 unspecified atom stereocenters. The highest BCUT2D eigenvalue weighted by Gasteiger charge is 2.52. The molecule has 0 amide bonds. The average Bonchev–Trinajstić information content (AvgIpc) is 4.23. The summed E-state index contributed by atoms with van der Waals surface area (Å²) in [6.45, 7) is 0. The van der Waals surface area contributed by atoms with Crippen molar-refractivity contribution < 1.29 is 13.3 Å². The normalized spacial score (nSPS) is 13.3. The Hall–Kier alpha value is -9.39. The van der Waals surface area contributed by atoms with Gasteiger partial charge in [-0.3, -0.25) is 0 Å². The maximum Gasteiger partial charge on any atom is 0.167 e. The third-order valence-corrected chi connectivity index (χ3v) is 15.0. The Morgan fingerprint density at radius 1 is 0.286 bits per heavy atom. The molecule has 14 aromatic rings. The molecule has 16 rings (SSSR count). The number of rotatable bonds is 4. The van der Waals surface area contributed by atoms with E-state index in [0.717, 1.165) is 88.1 Å². The highest BCUT2D eigenvalue weighted by molar-refractivity contribution is 6.15. The Kier molecular flexibility index (Phi) is 7.45. The Bertz CT molecular complexity index is 4530. The maximum absolute atomic E-state index is 6.73. The van der Waals surface area contributed by atoms with Crippen LogP contribution in [0.5, 0.6) is 0 Å². The minimum absolute atomic E-state index is 0.442. The zero-order chi connectivity index (χ0) is 45.7. The molecule has 0 radical (unpaired) electrons. The number of nitrogens with zero attached hydrogens (tertiary/aromatic N) is 3. The van der Waals surface area contributed by atoms with Gasteiger partial charge in [0, 0.05) is 43.4 Å². The smallest absolute Gasteiger partial charge is 0.167 e. The minimum atomic E-state index is -0.442. The van der Waals surface area contributed by atoms with Crippen molar-refractivity contribution in [3.8, 4) is 67.5 Å². The molecule has 2 aliphatic carbocycles. The van der Waals surface area contributed by atoms with Crippen LogP contribution in [0.3, 0.4) is 0 Å². The molecule has 0 bridgehead atoms. The van der Waals surface area contributed by atoms with Gasteiger partial charge in [0.25, 0.3) is 0 Å². The van der Waals surface area contributed by atoms with Crippen LogP contribution in [0.25, 0.3) is 133 Å². The molecule has 6 nitrogen and oxygen atoms in total. The van der Waals surface area contributed by atoms with E-state index in [4.69, 9.17) is 28.2 Å². The van der Waals surface area contributed by atoms with Crippen LogP contribution in [-0.2, 0) is 5.41 Å². The van der Waals surface area contributed by atoms with Gasteiger partial charge < -0.3 is 13.3 Å². The molecular formula is C64H35N3O3. The third kappa shape index (κ3) is 4.93. The van der Waals surface area contributed by atoms with Gasteiger partial charge in [-0.1, -0.05) is 170 Å². The van der Waals surface area contributed by atoms with E-state index in [2.05, 4.69) is 140 Å². The highest BCUT2D eigenvalue weighted by atomic mass is 16.3. The topological polar surface area (TPSA) is 78.1 Å². The molecule has 0 saturated heterocycles. The molecule has 6 heteroatoms. The summed E-state index contributed by atoms with van der Waals surface area (Å²) in [7, 11) is 0. The predicted octanol–water partition coefficient (Wildman–Crippen LogP) is 16.6. The van der Waals surface area contributed by atoms with Gasteiger partial charge in [0.1, 0.15) is 33.5 Å². The molecule has 2 aliphatic rings. The van der Waals surface area contributed by atoms with E-state index in [1.54, 1.807) is 0 Å². The Labute approximate surface area is 399 Å². The average molecular weight is 894 g/mol. The highest BCUT2D eigenvalue weighted by Crippen LogP contribution is 2.64. The summed E-state index contributed by atoms with van der Waals surface area (Å²) in [5.41, 5.74) is 19.2. The van der Waals surface area contributed by atoms with Crippen LogP contribution in [0.15, 0.2) is 226 Å². The summed E-state index contributed by atoms with van der Waals surface area (Å²) in [4.78, 5) is 16.1. The maximum atomic E-state index is 6.73. The molecule has 4 aromatic heterocycles. The Balaban J connectivity index is 0.936. The van der Waals surface area contributed by atoms with Crippen molar-refractivity contribution in [2.45, 2.75) is 5.41 Å². The van der Waals surface area contributed by atoms with Gasteiger partial charge >= 0.3 is 0 Å². The van der Waals surface area contributed by atoms with Gasteiger partial charge in [0.15, 0.2) is 17.5 Å². The molecule has 324 valence electrons. The SMILES string of the molecule is c1ccc2c(c1)-c1ccccc1C21c2ccccc2-c2c(-c3ccc4oc5cccc(-c6nc(-c7cccc8c7oc7ccccc78)nc(-c7cccc8oc9ccccc9c78)n6)c5c4c3)cccc21. The van der Waals surface area contributed by atoms with E-state index in [9.17, 15) is 0 Å². The Morgan fingerprint density at radius 2 is 0.729 bits per heavy atom. The number of benzene rings is 10. The number of aromatic nitrogens is 3. The molecular weight excluding hydrogens is 859 g/mol. The molecule has 70 heavy (non-hydrogen) atoms. The standard InChI is InChI=1S/C64H35N3O3/c1-6-25-48-38(15-1)39-16-2-7-26-49(39)64(48)50-27-8-3-18-42(50)57-37(20-12-28-51(57)64)36-33-34-54-47(35-36)59-45(23-14-32-56(59)69-54)62-65-61(44-22-13-31-55-58(44)43-19-5-10-30-53(43)68-55)66-63(67-62)46-24-11-21-41-40-17-4-9-29-52(40)70-60(41)46/h1-35H. The van der Waals surface area contributed by atoms with Gasteiger partial charge in [0.2, 0.25) is 0 Å². The molecule has 0 aliphatic heterocycles. The molecule has 4 heterocycles. The summed E-state index contributed by atoms with van der Waals surface area (Å²) >= 11 is 0. The van der Waals surface area contributed by atoms with E-state index >= 15 is 0 Å². The van der Waals surface area contributed by atoms with Gasteiger partial charge in [0.05, 0.1) is 11.0 Å². The number of para-hydroxylation sites is 3. The van der Waals surface area contributed by atoms with E-state index in [0.29, 0.717) is 17.5 Å². The molecule has 10 aromatic carbocycles. The number of fused-ring (bicyclic) bond motifs is 19. The lowest BCUT2D eigenvalue weighted by molar-refractivity contribution is 0.668. The molecule has 0 N–H and O–H groups in total. The molecule has 0 fully saturated rings. The van der Waals surface area contributed by atoms with Gasteiger partial charge in [-0.25, -0.2) is 15.0 Å². The van der Waals surface area contributed by atoms with Crippen molar-refractivity contribution in [2.24, 2.45) is 0 Å². The molecule has 1 spiro atoms. The molecule has 0 saturated carbocycles. The van der Waals surface area contributed by atoms with E-state index < -0.39 is 5.41 Å². The third-order valence-electron chi connectivity index (χ3n) is 15.0. The first-order chi connectivity index (χ1) is 34.7. The number of furan rings is 3. The fourth-order valence-corrected chi connectivity index (χ4v) is 12.2. The van der Waals surface area contributed by atoms with Crippen molar-refractivity contribution in [2.75, 3.05) is 0 Å². The minimum Gasteiger partial charge on any atom is -0.456 e. The fourth-order valence-electron chi connectivity index (χ4n) is 12.2. The number of hydrogen-bond acceptors (Lipinski definition) is 6. The first kappa shape index (κ1) is 37.7. The second-order valence-corrected chi connectivity index (χ2v) is 18.5.